The van der Waals surface area contributed by atoms with Crippen molar-refractivity contribution in [3.8, 4) is 0 Å². The smallest absolute Gasteiger partial charge is 0.329 e. The summed E-state index contributed by atoms with van der Waals surface area (Å²) >= 11 is 0. The van der Waals surface area contributed by atoms with Gasteiger partial charge in [0.25, 0.3) is 0 Å². The lowest BCUT2D eigenvalue weighted by Crippen LogP contribution is -2.39. The van der Waals surface area contributed by atoms with Crippen molar-refractivity contribution in [2.75, 3.05) is 6.54 Å². The third-order valence-electron chi connectivity index (χ3n) is 2.40. The number of hydrazone groups is 1. The van der Waals surface area contributed by atoms with E-state index in [0.717, 1.165) is 0 Å². The number of nitrogens with zero attached hydrogens (tertiary/aromatic N) is 1. The van der Waals surface area contributed by atoms with Gasteiger partial charge < -0.3 is 15.2 Å². The fourth-order valence-corrected chi connectivity index (χ4v) is 1.30. The van der Waals surface area contributed by atoms with Crippen LogP contribution >= 0.6 is 0 Å². The maximum absolute atomic E-state index is 11.4. The van der Waals surface area contributed by atoms with Crippen LogP contribution in [0.4, 0.5) is 0 Å². The summed E-state index contributed by atoms with van der Waals surface area (Å²) in [5, 5.41) is 16.6. The Kier molecular flexibility index (Phi) is 6.06. The molecule has 7 nitrogen and oxygen atoms in total. The third-order valence-corrected chi connectivity index (χ3v) is 2.40. The van der Waals surface area contributed by atoms with E-state index in [-0.39, 0.29) is 11.5 Å². The second-order valence-corrected chi connectivity index (χ2v) is 4.71. The normalized spacial score (nSPS) is 10.6. The van der Waals surface area contributed by atoms with Crippen LogP contribution in [0.5, 0.6) is 0 Å². The predicted octanol–water partition coefficient (Wildman–Crippen LogP) is -0.728. The Bertz CT molecular complexity index is 550. The molecule has 0 radical (unpaired) electrons. The standard InChI is InChI=1S/C14H17N3O4/c1-9(2)7-15-12(18)13(19)17-16-8-10-3-5-11(6-4-10)14(20)21/h3-6,8-9H,7H2,1-2H3,(H,15,18)(H,17,19)(H,20,21)/p-1/b16-8-. The molecule has 2 amide bonds. The molecule has 0 heterocycles. The Labute approximate surface area is 122 Å². The van der Waals surface area contributed by atoms with Gasteiger partial charge in [0.1, 0.15) is 0 Å². The number of aromatic carboxylic acids is 1. The van der Waals surface area contributed by atoms with Crippen LogP contribution in [0.2, 0.25) is 0 Å². The molecule has 0 spiro atoms. The molecule has 0 aliphatic carbocycles. The van der Waals surface area contributed by atoms with Crippen LogP contribution in [0, 0.1) is 5.92 Å². The summed E-state index contributed by atoms with van der Waals surface area (Å²) in [6.07, 6.45) is 1.30. The van der Waals surface area contributed by atoms with Crippen LogP contribution in [0.25, 0.3) is 0 Å². The highest BCUT2D eigenvalue weighted by molar-refractivity contribution is 6.35. The quantitative estimate of drug-likeness (QED) is 0.423. The van der Waals surface area contributed by atoms with Crippen LogP contribution in [-0.4, -0.2) is 30.5 Å². The molecule has 0 aromatic heterocycles. The summed E-state index contributed by atoms with van der Waals surface area (Å²) in [7, 11) is 0. The summed E-state index contributed by atoms with van der Waals surface area (Å²) in [6.45, 7) is 4.22. The fraction of sp³-hybridized carbons (Fsp3) is 0.286. The molecule has 21 heavy (non-hydrogen) atoms. The van der Waals surface area contributed by atoms with Gasteiger partial charge in [-0.25, -0.2) is 5.43 Å². The van der Waals surface area contributed by atoms with Gasteiger partial charge in [-0.1, -0.05) is 38.1 Å². The van der Waals surface area contributed by atoms with Gasteiger partial charge in [0.15, 0.2) is 0 Å². The molecule has 0 saturated heterocycles. The second kappa shape index (κ2) is 7.78. The van der Waals surface area contributed by atoms with Gasteiger partial charge in [0.05, 0.1) is 12.2 Å². The zero-order valence-electron chi connectivity index (χ0n) is 11.8. The number of benzene rings is 1. The van der Waals surface area contributed by atoms with Crippen LogP contribution in [-0.2, 0) is 9.59 Å². The van der Waals surface area contributed by atoms with Crippen LogP contribution in [0.3, 0.4) is 0 Å². The first-order valence-electron chi connectivity index (χ1n) is 6.32. The van der Waals surface area contributed by atoms with Crippen LogP contribution in [0.1, 0.15) is 29.8 Å². The van der Waals surface area contributed by atoms with Gasteiger partial charge in [0, 0.05) is 6.54 Å². The molecule has 1 aromatic rings. The molecule has 112 valence electrons. The molecular weight excluding hydrogens is 274 g/mol. The Morgan fingerprint density at radius 1 is 1.19 bits per heavy atom. The third kappa shape index (κ3) is 5.85. The number of hydrogen-bond donors (Lipinski definition) is 2. The lowest BCUT2D eigenvalue weighted by Gasteiger charge is -2.05. The lowest BCUT2D eigenvalue weighted by atomic mass is 10.1. The van der Waals surface area contributed by atoms with E-state index in [9.17, 15) is 19.5 Å². The van der Waals surface area contributed by atoms with Gasteiger partial charge in [-0.3, -0.25) is 9.59 Å². The lowest BCUT2D eigenvalue weighted by molar-refractivity contribution is -0.255. The first kappa shape index (κ1) is 16.4. The number of carbonyl (C=O) groups excluding carboxylic acids is 3. The summed E-state index contributed by atoms with van der Waals surface area (Å²) < 4.78 is 0. The predicted molar refractivity (Wildman–Crippen MR) is 74.4 cm³/mol. The number of amides is 2. The molecule has 0 fully saturated rings. The Hall–Kier alpha value is -2.70. The van der Waals surface area contributed by atoms with Crippen molar-refractivity contribution in [2.24, 2.45) is 11.0 Å². The van der Waals surface area contributed by atoms with E-state index in [2.05, 4.69) is 15.8 Å². The topological polar surface area (TPSA) is 111 Å². The van der Waals surface area contributed by atoms with E-state index >= 15 is 0 Å². The fourth-order valence-electron chi connectivity index (χ4n) is 1.30. The molecule has 0 aliphatic rings. The first-order chi connectivity index (χ1) is 9.90. The number of rotatable bonds is 5. The Balaban J connectivity index is 2.48. The summed E-state index contributed by atoms with van der Waals surface area (Å²) in [4.78, 5) is 33.3. The maximum atomic E-state index is 11.4. The molecule has 1 rings (SSSR count). The Morgan fingerprint density at radius 2 is 1.81 bits per heavy atom. The molecule has 0 saturated carbocycles. The molecule has 0 atom stereocenters. The van der Waals surface area contributed by atoms with Crippen LogP contribution in [0.15, 0.2) is 29.4 Å². The highest BCUT2D eigenvalue weighted by Gasteiger charge is 2.11. The number of carboxylic acid groups (broad SMARTS) is 1. The van der Waals surface area contributed by atoms with Gasteiger partial charge >= 0.3 is 11.8 Å². The van der Waals surface area contributed by atoms with E-state index in [1.807, 2.05) is 13.8 Å². The zero-order chi connectivity index (χ0) is 15.8. The van der Waals surface area contributed by atoms with Crippen molar-refractivity contribution in [1.29, 1.82) is 0 Å². The van der Waals surface area contributed by atoms with Crippen LogP contribution < -0.4 is 15.8 Å². The van der Waals surface area contributed by atoms with Crippen molar-refractivity contribution in [3.63, 3.8) is 0 Å². The van der Waals surface area contributed by atoms with E-state index in [4.69, 9.17) is 0 Å². The molecule has 2 N–H and O–H groups in total. The van der Waals surface area contributed by atoms with Crippen molar-refractivity contribution < 1.29 is 19.5 Å². The van der Waals surface area contributed by atoms with Gasteiger partial charge in [-0.15, -0.1) is 0 Å². The Morgan fingerprint density at radius 3 is 2.33 bits per heavy atom. The van der Waals surface area contributed by atoms with Crippen molar-refractivity contribution in [3.05, 3.63) is 35.4 Å². The SMILES string of the molecule is CC(C)CNC(=O)C(=O)N/N=C\c1ccc(C(=O)[O-])cc1. The number of nitrogens with one attached hydrogen (secondary N) is 2. The number of carbonyl (C=O) groups is 3. The van der Waals surface area contributed by atoms with E-state index in [1.54, 1.807) is 0 Å². The summed E-state index contributed by atoms with van der Waals surface area (Å²) in [5.41, 5.74) is 2.70. The average molecular weight is 290 g/mol. The van der Waals surface area contributed by atoms with Gasteiger partial charge in [-0.2, -0.15) is 5.10 Å². The van der Waals surface area contributed by atoms with Gasteiger partial charge in [0.2, 0.25) is 0 Å². The number of hydrogen-bond acceptors (Lipinski definition) is 5. The summed E-state index contributed by atoms with van der Waals surface area (Å²) in [5.74, 6) is -2.65. The van der Waals surface area contributed by atoms with E-state index in [1.165, 1.54) is 30.5 Å². The number of carboxylic acids is 1. The molecule has 0 bridgehead atoms. The second-order valence-electron chi connectivity index (χ2n) is 4.71. The van der Waals surface area contributed by atoms with E-state index in [0.29, 0.717) is 12.1 Å². The highest BCUT2D eigenvalue weighted by Crippen LogP contribution is 2.01. The molecule has 0 unspecified atom stereocenters. The van der Waals surface area contributed by atoms with Gasteiger partial charge in [-0.05, 0) is 17.0 Å². The monoisotopic (exact) mass is 290 g/mol. The van der Waals surface area contributed by atoms with Crippen molar-refractivity contribution in [2.45, 2.75) is 13.8 Å². The zero-order valence-corrected chi connectivity index (χ0v) is 11.8. The first-order valence-corrected chi connectivity index (χ1v) is 6.32. The van der Waals surface area contributed by atoms with Crippen molar-refractivity contribution in [1.82, 2.24) is 10.7 Å². The van der Waals surface area contributed by atoms with Crippen molar-refractivity contribution >= 4 is 24.0 Å². The summed E-state index contributed by atoms with van der Waals surface area (Å²) in [6, 6.07) is 5.71. The minimum absolute atomic E-state index is 0.0456. The minimum atomic E-state index is -1.27. The highest BCUT2D eigenvalue weighted by atomic mass is 16.4. The molecule has 7 heteroatoms. The molecule has 1 aromatic carbocycles. The molecular formula is C14H16N3O4-. The van der Waals surface area contributed by atoms with E-state index < -0.39 is 17.8 Å². The largest absolute Gasteiger partial charge is 0.545 e. The average Bonchev–Trinajstić information content (AvgIpc) is 2.45. The maximum Gasteiger partial charge on any atom is 0.329 e. The molecule has 0 aliphatic heterocycles. The minimum Gasteiger partial charge on any atom is -0.545 e.